The Balaban J connectivity index is 0.000000814. The van der Waals surface area contributed by atoms with Gasteiger partial charge in [0.05, 0.1) is 22.8 Å². The molecule has 2 aliphatic rings. The summed E-state index contributed by atoms with van der Waals surface area (Å²) in [5.41, 5.74) is 7.86. The molecule has 2 aliphatic heterocycles. The van der Waals surface area contributed by atoms with Crippen LogP contribution in [0.15, 0.2) is 48.5 Å². The Kier molecular flexibility index (Phi) is 4.50. The van der Waals surface area contributed by atoms with Crippen molar-refractivity contribution < 1.29 is 21.8 Å². The van der Waals surface area contributed by atoms with Gasteiger partial charge < -0.3 is 9.97 Å². The maximum atomic E-state index is 8.38. The van der Waals surface area contributed by atoms with E-state index in [1.165, 1.54) is 0 Å². The first-order valence-corrected chi connectivity index (χ1v) is 9.35. The molecule has 0 saturated carbocycles. The Morgan fingerprint density at radius 1 is 0.538 bits per heavy atom. The van der Waals surface area contributed by atoms with Crippen LogP contribution < -0.4 is 0 Å². The predicted molar refractivity (Wildman–Crippen MR) is 99.5 cm³/mol. The van der Waals surface area contributed by atoms with Gasteiger partial charge in [0.2, 0.25) is 0 Å². The van der Waals surface area contributed by atoms with Crippen LogP contribution in [0.5, 0.6) is 0 Å². The van der Waals surface area contributed by atoms with Gasteiger partial charge in [0.15, 0.2) is 0 Å². The second kappa shape index (κ2) is 7.10. The summed E-state index contributed by atoms with van der Waals surface area (Å²) in [6.07, 6.45) is 8.09. The fraction of sp³-hybridized carbons (Fsp3) is 0. The number of nitrogens with zero attached hydrogens (tertiary/aromatic N) is 2. The van der Waals surface area contributed by atoms with E-state index in [9.17, 15) is 0 Å². The molecule has 5 heterocycles. The number of nitrogens with one attached hydrogen (secondary N) is 2. The van der Waals surface area contributed by atoms with Crippen molar-refractivity contribution >= 4 is 46.4 Å². The number of aromatic amines is 2. The molecular weight excluding hydrogens is 378 g/mol. The molecule has 5 rings (SSSR count). The van der Waals surface area contributed by atoms with Gasteiger partial charge in [0, 0.05) is 22.1 Å². The Labute approximate surface area is 159 Å². The molecule has 3 aromatic rings. The molecule has 2 N–H and O–H groups in total. The van der Waals surface area contributed by atoms with Crippen molar-refractivity contribution in [3.63, 3.8) is 0 Å². The fourth-order valence-electron chi connectivity index (χ4n) is 2.94. The number of hydrogen-bond acceptors (Lipinski definition) is 3. The van der Waals surface area contributed by atoms with Gasteiger partial charge in [-0.15, -0.1) is 0 Å². The molecule has 5 nitrogen and oxygen atoms in total. The van der Waals surface area contributed by atoms with Crippen molar-refractivity contribution in [2.45, 2.75) is 0 Å². The normalized spacial score (nSPS) is 11.9. The monoisotopic (exact) mass is 390 g/mol. The van der Waals surface area contributed by atoms with Gasteiger partial charge in [-0.05, 0) is 72.8 Å². The molecular formula is C20H14N4OZn. The molecule has 0 radical (unpaired) electrons. The SMILES string of the molecule is C1=Cc2cc3ccc(cc4nc(cc5ccc(cc1n2)[nH]5)C=C4)[nH]3.[O]=[Zn]. The summed E-state index contributed by atoms with van der Waals surface area (Å²) in [5, 5.41) is 0. The quantitative estimate of drug-likeness (QED) is 0.381. The van der Waals surface area contributed by atoms with Crippen LogP contribution in [0, 0.1) is 0 Å². The number of aromatic nitrogens is 4. The van der Waals surface area contributed by atoms with E-state index in [-0.39, 0.29) is 18.3 Å². The van der Waals surface area contributed by atoms with Gasteiger partial charge in [0.1, 0.15) is 0 Å². The average molecular weight is 392 g/mol. The van der Waals surface area contributed by atoms with Gasteiger partial charge in [-0.25, -0.2) is 9.97 Å². The maximum absolute atomic E-state index is 8.38. The van der Waals surface area contributed by atoms with Crippen molar-refractivity contribution in [1.82, 2.24) is 19.9 Å². The molecule has 3 aromatic heterocycles. The zero-order valence-corrected chi connectivity index (χ0v) is 16.9. The summed E-state index contributed by atoms with van der Waals surface area (Å²) in [7, 11) is 0. The van der Waals surface area contributed by atoms with Gasteiger partial charge in [-0.3, -0.25) is 0 Å². The molecule has 0 aliphatic carbocycles. The molecule has 0 amide bonds. The summed E-state index contributed by atoms with van der Waals surface area (Å²) >= 11 is 0.125. The molecule has 122 valence electrons. The second-order valence-corrected chi connectivity index (χ2v) is 5.91. The van der Waals surface area contributed by atoms with E-state index in [4.69, 9.17) is 3.57 Å². The summed E-state index contributed by atoms with van der Waals surface area (Å²) in [4.78, 5) is 16.0. The third-order valence-corrected chi connectivity index (χ3v) is 4.04. The zero-order valence-electron chi connectivity index (χ0n) is 13.9. The van der Waals surface area contributed by atoms with Crippen LogP contribution in [0.2, 0.25) is 0 Å². The predicted octanol–water partition coefficient (Wildman–Crippen LogP) is 4.53. The van der Waals surface area contributed by atoms with E-state index in [1.807, 2.05) is 48.6 Å². The molecule has 0 spiro atoms. The summed E-state index contributed by atoms with van der Waals surface area (Å²) in [5.74, 6) is 0. The van der Waals surface area contributed by atoms with E-state index >= 15 is 0 Å². The first-order chi connectivity index (χ1) is 12.8. The first kappa shape index (κ1) is 16.5. The second-order valence-electron chi connectivity index (χ2n) is 5.91. The van der Waals surface area contributed by atoms with E-state index in [0.717, 1.165) is 44.8 Å². The van der Waals surface area contributed by atoms with Crippen molar-refractivity contribution in [3.8, 4) is 0 Å². The Morgan fingerprint density at radius 3 is 1.08 bits per heavy atom. The number of fused-ring (bicyclic) bond motifs is 8. The summed E-state index contributed by atoms with van der Waals surface area (Å²) < 4.78 is 8.38. The molecule has 0 saturated heterocycles. The Morgan fingerprint density at radius 2 is 0.808 bits per heavy atom. The average Bonchev–Trinajstić information content (AvgIpc) is 3.42. The molecule has 26 heavy (non-hydrogen) atoms. The van der Waals surface area contributed by atoms with E-state index in [2.05, 4.69) is 44.2 Å². The topological polar surface area (TPSA) is 74.4 Å². The van der Waals surface area contributed by atoms with Crippen molar-refractivity contribution in [3.05, 3.63) is 71.3 Å². The summed E-state index contributed by atoms with van der Waals surface area (Å²) in [6, 6.07) is 16.4. The fourth-order valence-corrected chi connectivity index (χ4v) is 2.94. The molecule has 0 fully saturated rings. The minimum absolute atomic E-state index is 0.125. The standard InChI is InChI=1S/C20H14N4.O.Zn/c1-2-14-10-16-5-6-18(23-16)12-20-8-7-19(24-20)11-17-4-3-15(22-17)9-13(1)21-14;;/h1-12,21,24H;;. The third-order valence-electron chi connectivity index (χ3n) is 4.04. The van der Waals surface area contributed by atoms with Crippen LogP contribution in [-0.2, 0) is 21.8 Å². The van der Waals surface area contributed by atoms with Crippen LogP contribution in [0.4, 0.5) is 0 Å². The van der Waals surface area contributed by atoms with E-state index < -0.39 is 0 Å². The van der Waals surface area contributed by atoms with Crippen LogP contribution in [0.1, 0.15) is 22.8 Å². The van der Waals surface area contributed by atoms with Gasteiger partial charge in [-0.2, -0.15) is 0 Å². The van der Waals surface area contributed by atoms with Crippen molar-refractivity contribution in [2.75, 3.05) is 0 Å². The Bertz CT molecular complexity index is 1010. The molecule has 8 bridgehead atoms. The molecule has 0 aromatic carbocycles. The van der Waals surface area contributed by atoms with Gasteiger partial charge >= 0.3 is 21.8 Å². The van der Waals surface area contributed by atoms with E-state index in [1.54, 1.807) is 0 Å². The number of H-pyrrole nitrogens is 2. The van der Waals surface area contributed by atoms with E-state index in [0.29, 0.717) is 0 Å². The van der Waals surface area contributed by atoms with Crippen molar-refractivity contribution in [2.24, 2.45) is 0 Å². The third kappa shape index (κ3) is 3.51. The minimum atomic E-state index is 0.125. The van der Waals surface area contributed by atoms with Crippen LogP contribution in [0.25, 0.3) is 46.4 Å². The summed E-state index contributed by atoms with van der Waals surface area (Å²) in [6.45, 7) is 0. The van der Waals surface area contributed by atoms with Crippen LogP contribution in [-0.4, -0.2) is 19.9 Å². The number of rotatable bonds is 0. The molecule has 0 unspecified atom stereocenters. The van der Waals surface area contributed by atoms with Gasteiger partial charge in [0.25, 0.3) is 0 Å². The van der Waals surface area contributed by atoms with Crippen LogP contribution >= 0.6 is 0 Å². The van der Waals surface area contributed by atoms with Crippen LogP contribution in [0.3, 0.4) is 0 Å². The Hall–Kier alpha value is -2.98. The van der Waals surface area contributed by atoms with Gasteiger partial charge in [-0.1, -0.05) is 0 Å². The molecule has 6 heteroatoms. The number of hydrogen-bond donors (Lipinski definition) is 2. The van der Waals surface area contributed by atoms with Crippen molar-refractivity contribution in [1.29, 1.82) is 0 Å². The zero-order chi connectivity index (χ0) is 17.9. The molecule has 0 atom stereocenters. The first-order valence-electron chi connectivity index (χ1n) is 8.14.